The predicted octanol–water partition coefficient (Wildman–Crippen LogP) is 8.41. The van der Waals surface area contributed by atoms with E-state index in [9.17, 15) is 5.11 Å². The van der Waals surface area contributed by atoms with Crippen LogP contribution in [-0.4, -0.2) is 11.2 Å². The van der Waals surface area contributed by atoms with Crippen molar-refractivity contribution in [3.8, 4) is 0 Å². The number of hydrogen-bond donors (Lipinski definition) is 1. The van der Waals surface area contributed by atoms with Gasteiger partial charge in [-0.15, -0.1) is 0 Å². The molecule has 5 rings (SSSR count). The van der Waals surface area contributed by atoms with Gasteiger partial charge < -0.3 is 5.11 Å². The van der Waals surface area contributed by atoms with E-state index in [0.717, 1.165) is 30.1 Å². The third kappa shape index (κ3) is 2.73. The first-order valence-electron chi connectivity index (χ1n) is 14.2. The summed E-state index contributed by atoms with van der Waals surface area (Å²) >= 11 is 0. The summed E-state index contributed by atoms with van der Waals surface area (Å²) in [4.78, 5) is 0. The maximum atomic E-state index is 10.9. The van der Waals surface area contributed by atoms with E-state index < -0.39 is 0 Å². The molecule has 5 aliphatic rings. The molecule has 0 bridgehead atoms. The summed E-state index contributed by atoms with van der Waals surface area (Å²) in [5, 5.41) is 10.9. The van der Waals surface area contributed by atoms with Crippen molar-refractivity contribution in [1.82, 2.24) is 0 Å². The van der Waals surface area contributed by atoms with E-state index in [0.29, 0.717) is 27.6 Å². The van der Waals surface area contributed by atoms with Crippen LogP contribution >= 0.6 is 0 Å². The molecule has 182 valence electrons. The molecule has 5 aliphatic carbocycles. The zero-order valence-corrected chi connectivity index (χ0v) is 22.4. The average Bonchev–Trinajstić information content (AvgIpc) is 3.31. The Morgan fingerprint density at radius 1 is 0.844 bits per heavy atom. The summed E-state index contributed by atoms with van der Waals surface area (Å²) in [6.07, 6.45) is 15.1. The van der Waals surface area contributed by atoms with Gasteiger partial charge in [-0.25, -0.2) is 0 Å². The molecule has 1 nitrogen and oxygen atoms in total. The fourth-order valence-corrected chi connectivity index (χ4v) is 11.3. The molecule has 0 saturated heterocycles. The summed E-state index contributed by atoms with van der Waals surface area (Å²) < 4.78 is 0. The summed E-state index contributed by atoms with van der Waals surface area (Å²) in [5.74, 6) is 4.09. The molecular weight excluding hydrogens is 388 g/mol. The van der Waals surface area contributed by atoms with Gasteiger partial charge >= 0.3 is 0 Å². The fourth-order valence-electron chi connectivity index (χ4n) is 11.3. The second-order valence-corrected chi connectivity index (χ2v) is 14.8. The monoisotopic (exact) mass is 440 g/mol. The van der Waals surface area contributed by atoms with Gasteiger partial charge in [-0.3, -0.25) is 0 Å². The lowest BCUT2D eigenvalue weighted by atomic mass is 9.41. The van der Waals surface area contributed by atoms with Crippen molar-refractivity contribution in [3.63, 3.8) is 0 Å². The molecule has 0 aromatic carbocycles. The highest BCUT2D eigenvalue weighted by Gasteiger charge is 2.82. The van der Waals surface area contributed by atoms with Crippen LogP contribution in [-0.2, 0) is 0 Å². The van der Waals surface area contributed by atoms with Gasteiger partial charge in [0.15, 0.2) is 0 Å². The molecule has 32 heavy (non-hydrogen) atoms. The molecule has 0 amide bonds. The summed E-state index contributed by atoms with van der Waals surface area (Å²) in [6.45, 7) is 21.6. The second kappa shape index (κ2) is 7.11. The second-order valence-electron chi connectivity index (χ2n) is 14.8. The molecule has 1 heteroatoms. The highest BCUT2D eigenvalue weighted by molar-refractivity contribution is 5.30. The molecule has 0 aromatic rings. The highest BCUT2D eigenvalue weighted by Crippen LogP contribution is 2.89. The number of allylic oxidation sites excluding steroid dienone is 1. The molecule has 5 fully saturated rings. The van der Waals surface area contributed by atoms with Crippen molar-refractivity contribution in [3.05, 3.63) is 12.2 Å². The van der Waals surface area contributed by atoms with Crippen LogP contribution < -0.4 is 0 Å². The highest BCUT2D eigenvalue weighted by atomic mass is 16.3. The smallest absolute Gasteiger partial charge is 0.0594 e. The molecule has 0 aliphatic heterocycles. The van der Waals surface area contributed by atoms with Gasteiger partial charge in [0.2, 0.25) is 0 Å². The van der Waals surface area contributed by atoms with Gasteiger partial charge in [0.05, 0.1) is 6.10 Å². The van der Waals surface area contributed by atoms with E-state index >= 15 is 0 Å². The van der Waals surface area contributed by atoms with Crippen molar-refractivity contribution >= 4 is 0 Å². The summed E-state index contributed by atoms with van der Waals surface area (Å²) in [7, 11) is 0. The number of fused-ring (bicyclic) bond motifs is 2. The standard InChI is InChI=1S/C31H52O/c1-20(2)21(3)9-10-22(4)23-13-15-29(8)25-12-11-24-27(5,6)26(32)14-16-30(24)19-31(25,30)18-17-28(23,29)7/h21-26,32H,1,9-19H2,2-8H3/t21?,22-,23-,24+,25+,26?,28-,29+,30-,31+/m1/s1. The molecule has 0 radical (unpaired) electrons. The van der Waals surface area contributed by atoms with E-state index in [4.69, 9.17) is 0 Å². The predicted molar refractivity (Wildman–Crippen MR) is 135 cm³/mol. The van der Waals surface area contributed by atoms with Crippen molar-refractivity contribution in [1.29, 1.82) is 0 Å². The lowest BCUT2D eigenvalue weighted by Crippen LogP contribution is -2.57. The maximum absolute atomic E-state index is 10.9. The number of hydrogen-bond acceptors (Lipinski definition) is 1. The molecule has 0 aromatic heterocycles. The van der Waals surface area contributed by atoms with Crippen LogP contribution in [0.5, 0.6) is 0 Å². The van der Waals surface area contributed by atoms with Crippen LogP contribution in [0.1, 0.15) is 119 Å². The van der Waals surface area contributed by atoms with Crippen LogP contribution in [0.4, 0.5) is 0 Å². The zero-order chi connectivity index (χ0) is 23.3. The van der Waals surface area contributed by atoms with Gasteiger partial charge in [-0.05, 0) is 134 Å². The molecule has 2 spiro atoms. The molecule has 10 atom stereocenters. The Labute approximate surface area is 199 Å². The molecule has 1 N–H and O–H groups in total. The van der Waals surface area contributed by atoms with Crippen LogP contribution in [0.15, 0.2) is 12.2 Å². The first kappa shape index (κ1) is 23.4. The Balaban J connectivity index is 1.39. The van der Waals surface area contributed by atoms with Gasteiger partial charge in [0.25, 0.3) is 0 Å². The minimum atomic E-state index is -0.0879. The minimum absolute atomic E-state index is 0.0879. The first-order chi connectivity index (χ1) is 14.9. The quantitative estimate of drug-likeness (QED) is 0.425. The third-order valence-electron chi connectivity index (χ3n) is 13.7. The maximum Gasteiger partial charge on any atom is 0.0594 e. The Morgan fingerprint density at radius 2 is 1.50 bits per heavy atom. The van der Waals surface area contributed by atoms with Crippen LogP contribution in [0, 0.1) is 56.7 Å². The lowest BCUT2D eigenvalue weighted by molar-refractivity contribution is -0.161. The number of rotatable bonds is 5. The average molecular weight is 441 g/mol. The molecular formula is C31H52O. The minimum Gasteiger partial charge on any atom is -0.393 e. The van der Waals surface area contributed by atoms with Gasteiger partial charge in [-0.1, -0.05) is 53.7 Å². The first-order valence-corrected chi connectivity index (χ1v) is 14.2. The lowest BCUT2D eigenvalue weighted by Gasteiger charge is -2.63. The van der Waals surface area contributed by atoms with Crippen LogP contribution in [0.25, 0.3) is 0 Å². The topological polar surface area (TPSA) is 20.2 Å². The zero-order valence-electron chi connectivity index (χ0n) is 22.4. The van der Waals surface area contributed by atoms with E-state index in [1.165, 1.54) is 69.8 Å². The number of aliphatic hydroxyl groups excluding tert-OH is 1. The normalized spacial score (nSPS) is 52.8. The summed E-state index contributed by atoms with van der Waals surface area (Å²) in [5.41, 5.74) is 3.71. The SMILES string of the molecule is C=C(C)C(C)CC[C@@H](C)[C@H]1CC[C@@]2(C)[C@@H]3CC[C@H]4C(C)(C)C(O)CC[C@@]45C[C@@]35CC[C@]12C. The number of aliphatic hydroxyl groups is 1. The van der Waals surface area contributed by atoms with Crippen molar-refractivity contribution in [2.75, 3.05) is 0 Å². The molecule has 0 heterocycles. The van der Waals surface area contributed by atoms with Gasteiger partial charge in [0.1, 0.15) is 0 Å². The Kier molecular flexibility index (Phi) is 5.21. The Bertz CT molecular complexity index is 781. The molecule has 5 saturated carbocycles. The van der Waals surface area contributed by atoms with Crippen molar-refractivity contribution in [2.45, 2.75) is 125 Å². The van der Waals surface area contributed by atoms with Gasteiger partial charge in [0, 0.05) is 0 Å². The van der Waals surface area contributed by atoms with Crippen molar-refractivity contribution in [2.24, 2.45) is 56.7 Å². The fraction of sp³-hybridized carbons (Fsp3) is 0.935. The van der Waals surface area contributed by atoms with E-state index in [1.54, 1.807) is 0 Å². The molecule has 2 unspecified atom stereocenters. The Hall–Kier alpha value is -0.300. The van der Waals surface area contributed by atoms with Crippen LogP contribution in [0.3, 0.4) is 0 Å². The van der Waals surface area contributed by atoms with E-state index in [1.807, 2.05) is 0 Å². The van der Waals surface area contributed by atoms with E-state index in [-0.39, 0.29) is 11.5 Å². The summed E-state index contributed by atoms with van der Waals surface area (Å²) in [6, 6.07) is 0. The van der Waals surface area contributed by atoms with Crippen molar-refractivity contribution < 1.29 is 5.11 Å². The van der Waals surface area contributed by atoms with Crippen LogP contribution in [0.2, 0.25) is 0 Å². The third-order valence-corrected chi connectivity index (χ3v) is 13.7. The van der Waals surface area contributed by atoms with Gasteiger partial charge in [-0.2, -0.15) is 0 Å². The largest absolute Gasteiger partial charge is 0.393 e. The van der Waals surface area contributed by atoms with E-state index in [2.05, 4.69) is 55.0 Å². The Morgan fingerprint density at radius 3 is 2.19 bits per heavy atom.